The number of carbonyl (C=O) groups is 1. The fourth-order valence-electron chi connectivity index (χ4n) is 1.62. The third-order valence-electron chi connectivity index (χ3n) is 2.60. The Morgan fingerprint density at radius 1 is 0.947 bits per heavy atom. The first-order valence-corrected chi connectivity index (χ1v) is 6.19. The Bertz CT molecular complexity index is 641. The van der Waals surface area contributed by atoms with Crippen LogP contribution in [0.1, 0.15) is 15.9 Å². The minimum Gasteiger partial charge on any atom is -0.294 e. The van der Waals surface area contributed by atoms with E-state index in [1.807, 2.05) is 0 Å². The van der Waals surface area contributed by atoms with Gasteiger partial charge < -0.3 is 0 Å². The van der Waals surface area contributed by atoms with Crippen molar-refractivity contribution in [1.82, 2.24) is 0 Å². The quantitative estimate of drug-likeness (QED) is 0.768. The molecule has 0 radical (unpaired) electrons. The van der Waals surface area contributed by atoms with Gasteiger partial charge in [-0.1, -0.05) is 15.9 Å². The van der Waals surface area contributed by atoms with Crippen molar-refractivity contribution in [2.45, 2.75) is 6.42 Å². The molecule has 1 nitrogen and oxygen atoms in total. The monoisotopic (exact) mass is 328 g/mol. The Hall–Kier alpha value is -1.62. The standard InChI is InChI=1S/C14H8BrF3O/c15-10-2-4-11(16)9(5-10)7-14(19)8-1-3-12(17)13(18)6-8/h1-6H,7H2. The summed E-state index contributed by atoms with van der Waals surface area (Å²) in [5.74, 6) is -3.11. The molecule has 0 saturated heterocycles. The average Bonchev–Trinajstić information content (AvgIpc) is 2.37. The number of benzene rings is 2. The average molecular weight is 329 g/mol. The zero-order valence-electron chi connectivity index (χ0n) is 9.59. The lowest BCUT2D eigenvalue weighted by atomic mass is 10.0. The number of hydrogen-bond donors (Lipinski definition) is 0. The molecule has 5 heteroatoms. The molecule has 0 bridgehead atoms. The molecule has 19 heavy (non-hydrogen) atoms. The van der Waals surface area contributed by atoms with Gasteiger partial charge in [0.15, 0.2) is 17.4 Å². The Labute approximate surface area is 116 Å². The number of rotatable bonds is 3. The lowest BCUT2D eigenvalue weighted by Gasteiger charge is -2.04. The van der Waals surface area contributed by atoms with Gasteiger partial charge in [-0.25, -0.2) is 13.2 Å². The highest BCUT2D eigenvalue weighted by Gasteiger charge is 2.13. The van der Waals surface area contributed by atoms with Gasteiger partial charge in [-0.2, -0.15) is 0 Å². The van der Waals surface area contributed by atoms with Gasteiger partial charge in [0.25, 0.3) is 0 Å². The number of ketones is 1. The number of Topliss-reactive ketones (excluding diaryl/α,β-unsaturated/α-hetero) is 1. The van der Waals surface area contributed by atoms with Crippen LogP contribution in [0.3, 0.4) is 0 Å². The summed E-state index contributed by atoms with van der Waals surface area (Å²) >= 11 is 3.18. The smallest absolute Gasteiger partial charge is 0.167 e. The van der Waals surface area contributed by atoms with E-state index in [9.17, 15) is 18.0 Å². The van der Waals surface area contributed by atoms with Gasteiger partial charge in [0, 0.05) is 16.5 Å². The van der Waals surface area contributed by atoms with Crippen LogP contribution >= 0.6 is 15.9 Å². The predicted molar refractivity (Wildman–Crippen MR) is 68.5 cm³/mol. The second-order valence-electron chi connectivity index (χ2n) is 3.96. The Kier molecular flexibility index (Phi) is 4.04. The molecule has 0 aliphatic heterocycles. The Morgan fingerprint density at radius 2 is 1.63 bits per heavy atom. The van der Waals surface area contributed by atoms with E-state index in [2.05, 4.69) is 15.9 Å². The molecule has 2 aromatic rings. The summed E-state index contributed by atoms with van der Waals surface area (Å²) in [7, 11) is 0. The highest BCUT2D eigenvalue weighted by Crippen LogP contribution is 2.18. The van der Waals surface area contributed by atoms with E-state index in [0.29, 0.717) is 4.47 Å². The maximum absolute atomic E-state index is 13.5. The lowest BCUT2D eigenvalue weighted by molar-refractivity contribution is 0.0991. The Balaban J connectivity index is 2.25. The zero-order valence-corrected chi connectivity index (χ0v) is 11.2. The molecule has 0 aliphatic carbocycles. The first-order valence-electron chi connectivity index (χ1n) is 5.39. The molecule has 0 unspecified atom stereocenters. The summed E-state index contributed by atoms with van der Waals surface area (Å²) in [5.41, 5.74) is 0.211. The molecule has 0 aliphatic rings. The molecule has 0 fully saturated rings. The summed E-state index contributed by atoms with van der Waals surface area (Å²) in [4.78, 5) is 11.9. The third-order valence-corrected chi connectivity index (χ3v) is 3.09. The summed E-state index contributed by atoms with van der Waals surface area (Å²) in [5, 5.41) is 0. The van der Waals surface area contributed by atoms with Gasteiger partial charge in [-0.3, -0.25) is 4.79 Å². The van der Waals surface area contributed by atoms with Crippen molar-refractivity contribution in [2.24, 2.45) is 0 Å². The summed E-state index contributed by atoms with van der Waals surface area (Å²) in [6.45, 7) is 0. The maximum Gasteiger partial charge on any atom is 0.167 e. The van der Waals surface area contributed by atoms with Gasteiger partial charge in [-0.15, -0.1) is 0 Å². The summed E-state index contributed by atoms with van der Waals surface area (Å²) < 4.78 is 39.9. The normalized spacial score (nSPS) is 10.5. The van der Waals surface area contributed by atoms with Crippen LogP contribution in [0.5, 0.6) is 0 Å². The predicted octanol–water partition coefficient (Wildman–Crippen LogP) is 4.29. The molecular formula is C14H8BrF3O. The van der Waals surface area contributed by atoms with E-state index < -0.39 is 23.2 Å². The zero-order chi connectivity index (χ0) is 14.0. The van der Waals surface area contributed by atoms with Gasteiger partial charge in [0.1, 0.15) is 5.82 Å². The maximum atomic E-state index is 13.5. The largest absolute Gasteiger partial charge is 0.294 e. The van der Waals surface area contributed by atoms with Gasteiger partial charge in [0.05, 0.1) is 0 Å². The molecular weight excluding hydrogens is 321 g/mol. The van der Waals surface area contributed by atoms with E-state index >= 15 is 0 Å². The minimum atomic E-state index is -1.10. The molecule has 2 aromatic carbocycles. The number of hydrogen-bond acceptors (Lipinski definition) is 1. The first-order chi connectivity index (χ1) is 8.97. The van der Waals surface area contributed by atoms with Gasteiger partial charge in [0.2, 0.25) is 0 Å². The fourth-order valence-corrected chi connectivity index (χ4v) is 2.03. The van der Waals surface area contributed by atoms with Crippen molar-refractivity contribution in [1.29, 1.82) is 0 Å². The van der Waals surface area contributed by atoms with E-state index in [0.717, 1.165) is 12.1 Å². The van der Waals surface area contributed by atoms with Gasteiger partial charge in [-0.05, 0) is 42.0 Å². The second kappa shape index (κ2) is 5.57. The van der Waals surface area contributed by atoms with Crippen LogP contribution in [0.15, 0.2) is 40.9 Å². The van der Waals surface area contributed by atoms with Crippen LogP contribution < -0.4 is 0 Å². The third kappa shape index (κ3) is 3.23. The second-order valence-corrected chi connectivity index (χ2v) is 4.88. The van der Waals surface area contributed by atoms with Crippen molar-refractivity contribution in [2.75, 3.05) is 0 Å². The number of halogens is 4. The molecule has 0 N–H and O–H groups in total. The fraction of sp³-hybridized carbons (Fsp3) is 0.0714. The highest BCUT2D eigenvalue weighted by atomic mass is 79.9. The van der Waals surface area contributed by atoms with Crippen molar-refractivity contribution in [3.63, 3.8) is 0 Å². The first kappa shape index (κ1) is 13.8. The molecule has 0 spiro atoms. The topological polar surface area (TPSA) is 17.1 Å². The van der Waals surface area contributed by atoms with Crippen molar-refractivity contribution in [3.8, 4) is 0 Å². The van der Waals surface area contributed by atoms with E-state index in [4.69, 9.17) is 0 Å². The molecule has 0 heterocycles. The van der Waals surface area contributed by atoms with Crippen LogP contribution in [-0.2, 0) is 6.42 Å². The minimum absolute atomic E-state index is 0.0123. The van der Waals surface area contributed by atoms with E-state index in [-0.39, 0.29) is 17.5 Å². The molecule has 2 rings (SSSR count). The van der Waals surface area contributed by atoms with Crippen molar-refractivity contribution in [3.05, 3.63) is 69.4 Å². The molecule has 0 aromatic heterocycles. The van der Waals surface area contributed by atoms with Crippen LogP contribution in [-0.4, -0.2) is 5.78 Å². The van der Waals surface area contributed by atoms with Crippen LogP contribution in [0.2, 0.25) is 0 Å². The lowest BCUT2D eigenvalue weighted by Crippen LogP contribution is -2.06. The van der Waals surface area contributed by atoms with Crippen LogP contribution in [0, 0.1) is 17.5 Å². The molecule has 98 valence electrons. The molecule has 0 amide bonds. The Morgan fingerprint density at radius 3 is 2.32 bits per heavy atom. The van der Waals surface area contributed by atoms with E-state index in [1.165, 1.54) is 24.3 Å². The number of carbonyl (C=O) groups excluding carboxylic acids is 1. The summed E-state index contributed by atoms with van der Waals surface area (Å²) in [6.07, 6.45) is -0.212. The van der Waals surface area contributed by atoms with Crippen LogP contribution in [0.4, 0.5) is 13.2 Å². The van der Waals surface area contributed by atoms with Crippen molar-refractivity contribution >= 4 is 21.7 Å². The van der Waals surface area contributed by atoms with E-state index in [1.54, 1.807) is 0 Å². The summed E-state index contributed by atoms with van der Waals surface area (Å²) in [6, 6.07) is 7.09. The molecule has 0 saturated carbocycles. The molecule has 0 atom stereocenters. The van der Waals surface area contributed by atoms with Gasteiger partial charge >= 0.3 is 0 Å². The SMILES string of the molecule is O=C(Cc1cc(Br)ccc1F)c1ccc(F)c(F)c1. The van der Waals surface area contributed by atoms with Crippen molar-refractivity contribution < 1.29 is 18.0 Å². The highest BCUT2D eigenvalue weighted by molar-refractivity contribution is 9.10. The van der Waals surface area contributed by atoms with Crippen LogP contribution in [0.25, 0.3) is 0 Å².